The first-order valence-electron chi connectivity index (χ1n) is 6.02. The Labute approximate surface area is 122 Å². The van der Waals surface area contributed by atoms with Gasteiger partial charge < -0.3 is 14.9 Å². The molecule has 0 atom stereocenters. The molecule has 1 aromatic carbocycles. The summed E-state index contributed by atoms with van der Waals surface area (Å²) < 4.78 is 31.3. The highest BCUT2D eigenvalue weighted by Crippen LogP contribution is 2.30. The maximum atomic E-state index is 12.8. The van der Waals surface area contributed by atoms with Crippen LogP contribution in [0.5, 0.6) is 5.75 Å². The van der Waals surface area contributed by atoms with Crippen molar-refractivity contribution in [3.63, 3.8) is 0 Å². The SMILES string of the molecule is COc1ccc(C)cc1S(=O)(=O)n1c(C)ccc1[N+](=O)[O-]. The molecular weight excluding hydrogens is 296 g/mol. The van der Waals surface area contributed by atoms with Crippen molar-refractivity contribution in [1.82, 2.24) is 3.97 Å². The molecule has 21 heavy (non-hydrogen) atoms. The monoisotopic (exact) mass is 310 g/mol. The van der Waals surface area contributed by atoms with Crippen molar-refractivity contribution < 1.29 is 18.1 Å². The minimum Gasteiger partial charge on any atom is -0.495 e. The van der Waals surface area contributed by atoms with Gasteiger partial charge in [-0.05, 0) is 42.5 Å². The molecule has 0 aliphatic heterocycles. The fourth-order valence-corrected chi connectivity index (χ4v) is 3.79. The van der Waals surface area contributed by atoms with Crippen LogP contribution in [0.15, 0.2) is 35.2 Å². The smallest absolute Gasteiger partial charge is 0.339 e. The molecule has 0 radical (unpaired) electrons. The summed E-state index contributed by atoms with van der Waals surface area (Å²) in [4.78, 5) is 10.2. The van der Waals surface area contributed by atoms with E-state index in [0.29, 0.717) is 9.54 Å². The lowest BCUT2D eigenvalue weighted by Crippen LogP contribution is -2.17. The lowest BCUT2D eigenvalue weighted by atomic mass is 10.2. The zero-order valence-corrected chi connectivity index (χ0v) is 12.5. The number of hydrogen-bond donors (Lipinski definition) is 0. The zero-order valence-electron chi connectivity index (χ0n) is 11.7. The van der Waals surface area contributed by atoms with Crippen LogP contribution in [0, 0.1) is 24.0 Å². The Kier molecular flexibility index (Phi) is 3.73. The molecule has 1 heterocycles. The Morgan fingerprint density at radius 2 is 1.86 bits per heavy atom. The maximum absolute atomic E-state index is 12.8. The number of methoxy groups -OCH3 is 1. The Bertz CT molecular complexity index is 808. The zero-order chi connectivity index (χ0) is 15.8. The molecular formula is C13H14N2O5S. The van der Waals surface area contributed by atoms with Gasteiger partial charge in [-0.3, -0.25) is 0 Å². The first-order chi connectivity index (χ1) is 9.78. The van der Waals surface area contributed by atoms with Crippen LogP contribution >= 0.6 is 0 Å². The summed E-state index contributed by atoms with van der Waals surface area (Å²) in [6.45, 7) is 3.22. The third-order valence-corrected chi connectivity index (χ3v) is 4.86. The number of nitrogens with zero attached hydrogens (tertiary/aromatic N) is 2. The standard InChI is InChI=1S/C13H14N2O5S/c1-9-4-6-11(20-3)12(8-9)21(18,19)14-10(2)5-7-13(14)15(16)17/h4-8H,1-3H3. The van der Waals surface area contributed by atoms with Gasteiger partial charge in [-0.15, -0.1) is 3.97 Å². The van der Waals surface area contributed by atoms with Crippen molar-refractivity contribution in [2.75, 3.05) is 7.11 Å². The van der Waals surface area contributed by atoms with Crippen molar-refractivity contribution >= 4 is 15.8 Å². The first kappa shape index (κ1) is 15.0. The average Bonchev–Trinajstić information content (AvgIpc) is 2.81. The highest BCUT2D eigenvalue weighted by Gasteiger charge is 2.32. The molecule has 0 saturated carbocycles. The second kappa shape index (κ2) is 5.21. The minimum atomic E-state index is -4.12. The van der Waals surface area contributed by atoms with E-state index in [1.807, 2.05) is 0 Å². The van der Waals surface area contributed by atoms with Crippen LogP contribution < -0.4 is 4.74 Å². The number of benzene rings is 1. The van der Waals surface area contributed by atoms with E-state index in [9.17, 15) is 18.5 Å². The summed E-state index contributed by atoms with van der Waals surface area (Å²) >= 11 is 0. The van der Waals surface area contributed by atoms with E-state index in [4.69, 9.17) is 4.74 Å². The van der Waals surface area contributed by atoms with E-state index in [0.717, 1.165) is 6.07 Å². The van der Waals surface area contributed by atoms with Gasteiger partial charge in [-0.1, -0.05) is 6.07 Å². The fourth-order valence-electron chi connectivity index (χ4n) is 2.04. The Morgan fingerprint density at radius 1 is 1.19 bits per heavy atom. The number of nitro groups is 1. The molecule has 0 aliphatic rings. The number of hydrogen-bond acceptors (Lipinski definition) is 5. The van der Waals surface area contributed by atoms with E-state index in [2.05, 4.69) is 0 Å². The van der Waals surface area contributed by atoms with Gasteiger partial charge in [-0.25, -0.2) is 0 Å². The lowest BCUT2D eigenvalue weighted by molar-refractivity contribution is -0.390. The second-order valence-corrected chi connectivity index (χ2v) is 6.27. The summed E-state index contributed by atoms with van der Waals surface area (Å²) in [5.41, 5.74) is 0.965. The molecule has 2 rings (SSSR count). The van der Waals surface area contributed by atoms with Crippen LogP contribution in [0.2, 0.25) is 0 Å². The van der Waals surface area contributed by atoms with Crippen LogP contribution in [0.25, 0.3) is 0 Å². The topological polar surface area (TPSA) is 91.4 Å². The summed E-state index contributed by atoms with van der Waals surface area (Å²) in [5.74, 6) is -0.362. The largest absolute Gasteiger partial charge is 0.495 e. The van der Waals surface area contributed by atoms with E-state index in [1.165, 1.54) is 32.2 Å². The van der Waals surface area contributed by atoms with E-state index < -0.39 is 20.8 Å². The quantitative estimate of drug-likeness (QED) is 0.638. The van der Waals surface area contributed by atoms with Crippen molar-refractivity contribution in [2.45, 2.75) is 18.7 Å². The number of aromatic nitrogens is 1. The van der Waals surface area contributed by atoms with Crippen LogP contribution in [-0.4, -0.2) is 24.4 Å². The predicted octanol–water partition coefficient (Wildman–Crippen LogP) is 2.26. The molecule has 0 unspecified atom stereocenters. The molecule has 0 aliphatic carbocycles. The summed E-state index contributed by atoms with van der Waals surface area (Å²) in [6, 6.07) is 7.20. The molecule has 7 nitrogen and oxygen atoms in total. The third kappa shape index (κ3) is 2.49. The third-order valence-electron chi connectivity index (χ3n) is 3.03. The molecule has 2 aromatic rings. The molecule has 1 aromatic heterocycles. The molecule has 112 valence electrons. The van der Waals surface area contributed by atoms with Gasteiger partial charge in [0.2, 0.25) is 0 Å². The van der Waals surface area contributed by atoms with E-state index in [-0.39, 0.29) is 16.3 Å². The van der Waals surface area contributed by atoms with Crippen LogP contribution in [0.4, 0.5) is 5.82 Å². The van der Waals surface area contributed by atoms with Gasteiger partial charge in [0.1, 0.15) is 11.4 Å². The van der Waals surface area contributed by atoms with Crippen LogP contribution in [-0.2, 0) is 10.0 Å². The van der Waals surface area contributed by atoms with Crippen LogP contribution in [0.3, 0.4) is 0 Å². The maximum Gasteiger partial charge on any atom is 0.339 e. The predicted molar refractivity (Wildman–Crippen MR) is 76.1 cm³/mol. The van der Waals surface area contributed by atoms with Crippen LogP contribution in [0.1, 0.15) is 11.3 Å². The average molecular weight is 310 g/mol. The lowest BCUT2D eigenvalue weighted by Gasteiger charge is -2.10. The van der Waals surface area contributed by atoms with Crippen molar-refractivity contribution in [3.8, 4) is 5.75 Å². The molecule has 0 fully saturated rings. The number of rotatable bonds is 4. The Morgan fingerprint density at radius 3 is 2.43 bits per heavy atom. The normalized spacial score (nSPS) is 11.4. The van der Waals surface area contributed by atoms with Crippen molar-refractivity contribution in [2.24, 2.45) is 0 Å². The summed E-state index contributed by atoms with van der Waals surface area (Å²) in [6.07, 6.45) is 0. The van der Waals surface area contributed by atoms with Gasteiger partial charge in [-0.2, -0.15) is 8.42 Å². The molecule has 0 saturated heterocycles. The summed E-state index contributed by atoms with van der Waals surface area (Å²) in [5, 5.41) is 11.0. The van der Waals surface area contributed by atoms with Crippen molar-refractivity contribution in [3.05, 3.63) is 51.7 Å². The minimum absolute atomic E-state index is 0.104. The molecule has 0 spiro atoms. The number of ether oxygens (including phenoxy) is 1. The Balaban J connectivity index is 2.77. The van der Waals surface area contributed by atoms with E-state index >= 15 is 0 Å². The highest BCUT2D eigenvalue weighted by molar-refractivity contribution is 7.90. The van der Waals surface area contributed by atoms with Gasteiger partial charge >= 0.3 is 15.8 Å². The molecule has 0 N–H and O–H groups in total. The summed E-state index contributed by atoms with van der Waals surface area (Å²) in [7, 11) is -2.77. The van der Waals surface area contributed by atoms with Crippen molar-refractivity contribution in [1.29, 1.82) is 0 Å². The van der Waals surface area contributed by atoms with E-state index in [1.54, 1.807) is 13.0 Å². The van der Waals surface area contributed by atoms with Gasteiger partial charge in [0.25, 0.3) is 0 Å². The van der Waals surface area contributed by atoms with Gasteiger partial charge in [0, 0.05) is 6.07 Å². The molecule has 8 heteroatoms. The molecule has 0 amide bonds. The first-order valence-corrected chi connectivity index (χ1v) is 7.46. The Hall–Kier alpha value is -2.35. The second-order valence-electron chi connectivity index (χ2n) is 4.51. The van der Waals surface area contributed by atoms with Gasteiger partial charge in [0.15, 0.2) is 4.90 Å². The van der Waals surface area contributed by atoms with Gasteiger partial charge in [0.05, 0.1) is 7.11 Å². The number of aryl methyl sites for hydroxylation is 2. The fraction of sp³-hybridized carbons (Fsp3) is 0.231. The highest BCUT2D eigenvalue weighted by atomic mass is 32.2. The molecule has 0 bridgehead atoms.